The van der Waals surface area contributed by atoms with E-state index < -0.39 is 5.41 Å². The SMILES string of the molecule is CC/C(=N/NC(=O)[C@]1(C)CC1(Br)Br)c1ccc(OC)cc1. The lowest BCUT2D eigenvalue weighted by Gasteiger charge is -2.11. The number of nitrogens with one attached hydrogen (secondary N) is 1. The van der Waals surface area contributed by atoms with Crippen LogP contribution < -0.4 is 10.2 Å². The molecule has 0 spiro atoms. The van der Waals surface area contributed by atoms with E-state index in [4.69, 9.17) is 4.74 Å². The minimum Gasteiger partial charge on any atom is -0.497 e. The van der Waals surface area contributed by atoms with Crippen molar-refractivity contribution in [3.05, 3.63) is 29.8 Å². The van der Waals surface area contributed by atoms with E-state index >= 15 is 0 Å². The molecule has 1 atom stereocenters. The molecule has 1 aromatic carbocycles. The van der Waals surface area contributed by atoms with E-state index in [1.54, 1.807) is 7.11 Å². The number of halogens is 2. The molecule has 0 unspecified atom stereocenters. The standard InChI is InChI=1S/C15H18Br2N2O2/c1-4-12(10-5-7-11(21-3)8-6-10)18-19-13(20)14(2)9-15(14,16)17/h5-8H,4,9H2,1-3H3,(H,19,20)/b18-12-/t14-/m0/s1. The van der Waals surface area contributed by atoms with Gasteiger partial charge >= 0.3 is 0 Å². The van der Waals surface area contributed by atoms with Crippen LogP contribution in [0.1, 0.15) is 32.3 Å². The van der Waals surface area contributed by atoms with E-state index in [0.717, 1.165) is 29.9 Å². The van der Waals surface area contributed by atoms with Gasteiger partial charge in [-0.05, 0) is 49.6 Å². The van der Waals surface area contributed by atoms with Gasteiger partial charge in [0.25, 0.3) is 0 Å². The molecule has 1 N–H and O–H groups in total. The number of rotatable bonds is 5. The summed E-state index contributed by atoms with van der Waals surface area (Å²) in [5, 5.41) is 4.27. The van der Waals surface area contributed by atoms with Crippen molar-refractivity contribution in [3.63, 3.8) is 0 Å². The molecule has 1 aliphatic rings. The minimum atomic E-state index is -0.463. The molecule has 1 aliphatic carbocycles. The van der Waals surface area contributed by atoms with Crippen molar-refractivity contribution >= 4 is 43.5 Å². The van der Waals surface area contributed by atoms with Crippen LogP contribution in [-0.4, -0.2) is 22.0 Å². The maximum atomic E-state index is 12.2. The van der Waals surface area contributed by atoms with Gasteiger partial charge < -0.3 is 4.74 Å². The molecule has 21 heavy (non-hydrogen) atoms. The highest BCUT2D eigenvalue weighted by atomic mass is 79.9. The van der Waals surface area contributed by atoms with E-state index in [0.29, 0.717) is 0 Å². The number of alkyl halides is 2. The number of amides is 1. The fourth-order valence-electron chi connectivity index (χ4n) is 2.02. The van der Waals surface area contributed by atoms with E-state index in [1.165, 1.54) is 0 Å². The summed E-state index contributed by atoms with van der Waals surface area (Å²) in [7, 11) is 1.63. The topological polar surface area (TPSA) is 50.7 Å². The minimum absolute atomic E-state index is 0.0873. The summed E-state index contributed by atoms with van der Waals surface area (Å²) < 4.78 is 4.83. The second kappa shape index (κ2) is 6.08. The number of methoxy groups -OCH3 is 1. The van der Waals surface area contributed by atoms with Gasteiger partial charge in [-0.3, -0.25) is 4.79 Å². The fraction of sp³-hybridized carbons (Fsp3) is 0.467. The van der Waals surface area contributed by atoms with Crippen LogP contribution in [0.4, 0.5) is 0 Å². The van der Waals surface area contributed by atoms with Crippen molar-refractivity contribution in [2.75, 3.05) is 7.11 Å². The molecule has 1 aromatic rings. The molecule has 0 bridgehead atoms. The van der Waals surface area contributed by atoms with E-state index in [-0.39, 0.29) is 9.14 Å². The molecule has 0 heterocycles. The Morgan fingerprint density at radius 3 is 2.38 bits per heavy atom. The zero-order chi connectivity index (χ0) is 15.7. The normalized spacial score (nSPS) is 23.6. The third kappa shape index (κ3) is 3.31. The highest BCUT2D eigenvalue weighted by Crippen LogP contribution is 2.66. The van der Waals surface area contributed by atoms with E-state index in [9.17, 15) is 4.79 Å². The third-order valence-electron chi connectivity index (χ3n) is 3.81. The highest BCUT2D eigenvalue weighted by Gasteiger charge is 2.66. The zero-order valence-corrected chi connectivity index (χ0v) is 15.4. The van der Waals surface area contributed by atoms with Crippen molar-refractivity contribution in [3.8, 4) is 5.75 Å². The number of hydrazone groups is 1. The smallest absolute Gasteiger partial charge is 0.248 e. The van der Waals surface area contributed by atoms with Gasteiger partial charge in [0.15, 0.2) is 0 Å². The van der Waals surface area contributed by atoms with Crippen LogP contribution in [0.25, 0.3) is 0 Å². The summed E-state index contributed by atoms with van der Waals surface area (Å²) in [6, 6.07) is 7.63. The van der Waals surface area contributed by atoms with Gasteiger partial charge in [0.05, 0.1) is 21.5 Å². The number of hydrogen-bond donors (Lipinski definition) is 1. The average Bonchev–Trinajstić information content (AvgIpc) is 3.00. The Balaban J connectivity index is 2.08. The number of carbonyl (C=O) groups excluding carboxylic acids is 1. The van der Waals surface area contributed by atoms with Crippen LogP contribution >= 0.6 is 31.9 Å². The first-order valence-electron chi connectivity index (χ1n) is 6.73. The first-order valence-corrected chi connectivity index (χ1v) is 8.32. The number of carbonyl (C=O) groups is 1. The Morgan fingerprint density at radius 2 is 1.95 bits per heavy atom. The molecular formula is C15H18Br2N2O2. The third-order valence-corrected chi connectivity index (χ3v) is 6.12. The largest absolute Gasteiger partial charge is 0.497 e. The monoisotopic (exact) mass is 416 g/mol. The van der Waals surface area contributed by atoms with E-state index in [1.807, 2.05) is 38.1 Å². The summed E-state index contributed by atoms with van der Waals surface area (Å²) in [4.78, 5) is 12.2. The van der Waals surface area contributed by atoms with Crippen LogP contribution in [0, 0.1) is 5.41 Å². The summed E-state index contributed by atoms with van der Waals surface area (Å²) in [6.45, 7) is 3.91. The van der Waals surface area contributed by atoms with Gasteiger partial charge in [0.1, 0.15) is 5.75 Å². The van der Waals surface area contributed by atoms with Gasteiger partial charge in [-0.2, -0.15) is 5.10 Å². The molecule has 1 saturated carbocycles. The first-order chi connectivity index (χ1) is 9.84. The number of ether oxygens (including phenoxy) is 1. The Hall–Kier alpha value is -0.880. The molecule has 0 radical (unpaired) electrons. The second-order valence-electron chi connectivity index (χ2n) is 5.29. The maximum absolute atomic E-state index is 12.2. The van der Waals surface area contributed by atoms with Gasteiger partial charge in [-0.25, -0.2) is 5.43 Å². The lowest BCUT2D eigenvalue weighted by atomic mass is 10.1. The van der Waals surface area contributed by atoms with Gasteiger partial charge in [0.2, 0.25) is 5.91 Å². The molecule has 4 nitrogen and oxygen atoms in total. The van der Waals surface area contributed by atoms with Crippen LogP contribution in [-0.2, 0) is 4.79 Å². The molecule has 6 heteroatoms. The maximum Gasteiger partial charge on any atom is 0.248 e. The van der Waals surface area contributed by atoms with Crippen LogP contribution in [0.3, 0.4) is 0 Å². The summed E-state index contributed by atoms with van der Waals surface area (Å²) in [6.07, 6.45) is 1.47. The second-order valence-corrected chi connectivity index (χ2v) is 9.07. The Bertz CT molecular complexity index is 570. The van der Waals surface area contributed by atoms with Crippen molar-refractivity contribution in [2.24, 2.45) is 10.5 Å². The first kappa shape index (κ1) is 16.5. The summed E-state index contributed by atoms with van der Waals surface area (Å²) >= 11 is 6.98. The fourth-order valence-corrected chi connectivity index (χ4v) is 3.50. The van der Waals surface area contributed by atoms with Crippen molar-refractivity contribution in [1.82, 2.24) is 5.43 Å². The molecule has 1 fully saturated rings. The average molecular weight is 418 g/mol. The Labute approximate surface area is 141 Å². The molecular weight excluding hydrogens is 400 g/mol. The molecule has 1 amide bonds. The van der Waals surface area contributed by atoms with Crippen LogP contribution in [0.15, 0.2) is 29.4 Å². The predicted octanol–water partition coefficient (Wildman–Crippen LogP) is 3.82. The predicted molar refractivity (Wildman–Crippen MR) is 91.3 cm³/mol. The lowest BCUT2D eigenvalue weighted by molar-refractivity contribution is -0.125. The lowest BCUT2D eigenvalue weighted by Crippen LogP contribution is -2.30. The quantitative estimate of drug-likeness (QED) is 0.449. The van der Waals surface area contributed by atoms with Crippen LogP contribution in [0.5, 0.6) is 5.75 Å². The van der Waals surface area contributed by atoms with Gasteiger partial charge in [0, 0.05) is 0 Å². The molecule has 0 saturated heterocycles. The Morgan fingerprint density at radius 1 is 1.38 bits per heavy atom. The summed E-state index contributed by atoms with van der Waals surface area (Å²) in [5.74, 6) is 0.711. The number of benzene rings is 1. The Kier molecular flexibility index (Phi) is 4.78. The molecule has 114 valence electrons. The van der Waals surface area contributed by atoms with Crippen molar-refractivity contribution in [2.45, 2.75) is 29.9 Å². The number of nitrogens with zero attached hydrogens (tertiary/aromatic N) is 1. The highest BCUT2D eigenvalue weighted by molar-refractivity contribution is 9.25. The molecule has 2 rings (SSSR count). The summed E-state index contributed by atoms with van der Waals surface area (Å²) in [5.41, 5.74) is 4.03. The van der Waals surface area contributed by atoms with Crippen LogP contribution in [0.2, 0.25) is 0 Å². The van der Waals surface area contributed by atoms with Gasteiger partial charge in [-0.15, -0.1) is 0 Å². The molecule has 0 aromatic heterocycles. The zero-order valence-electron chi connectivity index (χ0n) is 12.2. The molecule has 0 aliphatic heterocycles. The van der Waals surface area contributed by atoms with Crippen molar-refractivity contribution in [1.29, 1.82) is 0 Å². The van der Waals surface area contributed by atoms with Crippen molar-refractivity contribution < 1.29 is 9.53 Å². The number of hydrogen-bond acceptors (Lipinski definition) is 3. The van der Waals surface area contributed by atoms with E-state index in [2.05, 4.69) is 42.4 Å². The van der Waals surface area contributed by atoms with Gasteiger partial charge in [-0.1, -0.05) is 38.8 Å².